The number of aromatic carboxylic acids is 2. The van der Waals surface area contributed by atoms with Gasteiger partial charge < -0.3 is 29.3 Å². The normalized spacial score (nSPS) is 10.8. The maximum absolute atomic E-state index is 11.3. The van der Waals surface area contributed by atoms with Crippen LogP contribution in [0.2, 0.25) is 0 Å². The van der Waals surface area contributed by atoms with E-state index in [1.807, 2.05) is 81.4 Å². The smallest absolute Gasteiger partial charge is 0.545 e. The van der Waals surface area contributed by atoms with Crippen LogP contribution in [0.1, 0.15) is 149 Å². The van der Waals surface area contributed by atoms with E-state index in [1.165, 1.54) is 0 Å². The van der Waals surface area contributed by atoms with Crippen LogP contribution in [0, 0.1) is 0 Å². The van der Waals surface area contributed by atoms with Gasteiger partial charge in [-0.25, -0.2) is 0 Å². The number of rotatable bonds is 12. The number of carboxylic acids is 2. The zero-order valence-electron chi connectivity index (χ0n) is 25.6. The Morgan fingerprint density at radius 1 is 0.615 bits per heavy atom. The average molecular weight is 592 g/mol. The molecular weight excluding hydrogens is 546 g/mol. The molecule has 0 N–H and O–H groups in total. The molecule has 0 heterocycles. The van der Waals surface area contributed by atoms with Crippen LogP contribution in [-0.2, 0) is 19.5 Å². The van der Waals surface area contributed by atoms with E-state index in [0.29, 0.717) is 24.7 Å². The Morgan fingerprint density at radius 2 is 0.923 bits per heavy atom. The van der Waals surface area contributed by atoms with E-state index < -0.39 is 11.9 Å². The number of carboxylic acid groups (broad SMARTS) is 2. The number of hydrogen-bond acceptors (Lipinski definition) is 6. The zero-order valence-corrected chi connectivity index (χ0v) is 28.6. The standard InChI is InChI=1S/2C16H24O3.Zn/c2*1-6-7-19-15-13(11(4)5)8-12(10(2)3)9-14(15)16(17)18;/h2*8-11H,6-7H2,1-5H3,(H,17,18);/q;;+2/p-2. The molecule has 2 rings (SSSR count). The molecular formula is C32H46O6Zn. The number of ether oxygens (including phenoxy) is 2. The Hall–Kier alpha value is -2.40. The predicted octanol–water partition coefficient (Wildman–Crippen LogP) is 6.17. The SMILES string of the molecule is CCCOc1c(C(=O)[O-])cc(C(C)C)cc1C(C)C.CCCOc1c(C(=O)[O-])cc(C(C)C)cc1C(C)C.[Zn+2]. The van der Waals surface area contributed by atoms with Gasteiger partial charge in [-0.3, -0.25) is 0 Å². The van der Waals surface area contributed by atoms with Gasteiger partial charge in [-0.1, -0.05) is 81.4 Å². The fraction of sp³-hybridized carbons (Fsp3) is 0.562. The Kier molecular flexibility index (Phi) is 16.3. The molecule has 0 aromatic heterocycles. The summed E-state index contributed by atoms with van der Waals surface area (Å²) in [5.41, 5.74) is 4.24. The molecule has 39 heavy (non-hydrogen) atoms. The fourth-order valence-electron chi connectivity index (χ4n) is 3.91. The molecule has 0 spiro atoms. The van der Waals surface area contributed by atoms with Gasteiger partial charge in [-0.15, -0.1) is 0 Å². The third kappa shape index (κ3) is 10.6. The molecule has 2 aromatic rings. The molecule has 0 aliphatic carbocycles. The zero-order chi connectivity index (χ0) is 29.2. The second-order valence-electron chi connectivity index (χ2n) is 10.9. The monoisotopic (exact) mass is 590 g/mol. The number of carbonyl (C=O) groups is 2. The van der Waals surface area contributed by atoms with Crippen LogP contribution in [0.4, 0.5) is 0 Å². The van der Waals surface area contributed by atoms with Crippen molar-refractivity contribution in [2.75, 3.05) is 13.2 Å². The summed E-state index contributed by atoms with van der Waals surface area (Å²) in [7, 11) is 0. The molecule has 212 valence electrons. The van der Waals surface area contributed by atoms with E-state index in [-0.39, 0.29) is 54.3 Å². The summed E-state index contributed by atoms with van der Waals surface area (Å²) in [5.74, 6) is -0.424. The molecule has 0 atom stereocenters. The van der Waals surface area contributed by atoms with Gasteiger partial charge in [0, 0.05) is 11.1 Å². The van der Waals surface area contributed by atoms with Crippen molar-refractivity contribution < 1.29 is 48.8 Å². The maximum Gasteiger partial charge on any atom is 2.00 e. The molecule has 2 aromatic carbocycles. The molecule has 0 aliphatic heterocycles. The topological polar surface area (TPSA) is 98.7 Å². The fourth-order valence-corrected chi connectivity index (χ4v) is 3.91. The maximum atomic E-state index is 11.3. The largest absolute Gasteiger partial charge is 2.00 e. The molecule has 0 amide bonds. The van der Waals surface area contributed by atoms with Gasteiger partial charge in [-0.2, -0.15) is 0 Å². The molecule has 0 fully saturated rings. The Bertz CT molecular complexity index is 987. The first kappa shape index (κ1) is 36.6. The van der Waals surface area contributed by atoms with Gasteiger partial charge in [0.05, 0.1) is 25.2 Å². The molecule has 6 nitrogen and oxygen atoms in total. The van der Waals surface area contributed by atoms with Crippen LogP contribution in [0.15, 0.2) is 24.3 Å². The summed E-state index contributed by atoms with van der Waals surface area (Å²) >= 11 is 0. The molecule has 0 unspecified atom stereocenters. The second kappa shape index (κ2) is 17.3. The van der Waals surface area contributed by atoms with E-state index in [0.717, 1.165) is 35.1 Å². The number of hydrogen-bond donors (Lipinski definition) is 0. The van der Waals surface area contributed by atoms with Crippen molar-refractivity contribution in [3.63, 3.8) is 0 Å². The van der Waals surface area contributed by atoms with Gasteiger partial charge in [0.25, 0.3) is 0 Å². The molecule has 0 saturated heterocycles. The van der Waals surface area contributed by atoms with E-state index in [2.05, 4.69) is 0 Å². The Labute approximate surface area is 248 Å². The van der Waals surface area contributed by atoms with Crippen molar-refractivity contribution in [3.8, 4) is 11.5 Å². The first-order chi connectivity index (χ1) is 17.8. The molecule has 0 radical (unpaired) electrons. The Morgan fingerprint density at radius 3 is 1.13 bits per heavy atom. The minimum absolute atomic E-state index is 0. The molecule has 0 saturated carbocycles. The third-order valence-corrected chi connectivity index (χ3v) is 6.20. The summed E-state index contributed by atoms with van der Waals surface area (Å²) in [4.78, 5) is 22.7. The summed E-state index contributed by atoms with van der Waals surface area (Å²) in [5, 5.41) is 22.7. The van der Waals surface area contributed by atoms with Crippen molar-refractivity contribution >= 4 is 11.9 Å². The van der Waals surface area contributed by atoms with E-state index in [4.69, 9.17) is 9.47 Å². The van der Waals surface area contributed by atoms with Gasteiger partial charge in [0.1, 0.15) is 11.5 Å². The first-order valence-electron chi connectivity index (χ1n) is 13.8. The van der Waals surface area contributed by atoms with Crippen LogP contribution in [0.25, 0.3) is 0 Å². The third-order valence-electron chi connectivity index (χ3n) is 6.20. The second-order valence-corrected chi connectivity index (χ2v) is 10.9. The van der Waals surface area contributed by atoms with Crippen molar-refractivity contribution in [2.24, 2.45) is 0 Å². The van der Waals surface area contributed by atoms with E-state index >= 15 is 0 Å². The Balaban J connectivity index is 0.000000722. The van der Waals surface area contributed by atoms with E-state index in [1.54, 1.807) is 12.1 Å². The van der Waals surface area contributed by atoms with Gasteiger partial charge in [0.15, 0.2) is 0 Å². The number of carbonyl (C=O) groups excluding carboxylic acids is 2. The minimum atomic E-state index is -1.17. The van der Waals surface area contributed by atoms with Gasteiger partial charge in [-0.05, 0) is 70.9 Å². The molecule has 0 bridgehead atoms. The summed E-state index contributed by atoms with van der Waals surface area (Å²) < 4.78 is 11.3. The minimum Gasteiger partial charge on any atom is -0.545 e. The first-order valence-corrected chi connectivity index (χ1v) is 13.8. The van der Waals surface area contributed by atoms with Crippen molar-refractivity contribution in [1.29, 1.82) is 0 Å². The molecule has 7 heteroatoms. The summed E-state index contributed by atoms with van der Waals surface area (Å²) in [6.07, 6.45) is 1.69. The van der Waals surface area contributed by atoms with Gasteiger partial charge >= 0.3 is 19.5 Å². The molecule has 0 aliphatic rings. The quantitative estimate of drug-likeness (QED) is 0.274. The summed E-state index contributed by atoms with van der Waals surface area (Å²) in [6.45, 7) is 21.4. The van der Waals surface area contributed by atoms with Crippen LogP contribution >= 0.6 is 0 Å². The van der Waals surface area contributed by atoms with Crippen LogP contribution < -0.4 is 19.7 Å². The van der Waals surface area contributed by atoms with Crippen LogP contribution in [0.5, 0.6) is 11.5 Å². The van der Waals surface area contributed by atoms with Crippen LogP contribution in [0.3, 0.4) is 0 Å². The van der Waals surface area contributed by atoms with Crippen molar-refractivity contribution in [1.82, 2.24) is 0 Å². The summed E-state index contributed by atoms with van der Waals surface area (Å²) in [6, 6.07) is 7.45. The van der Waals surface area contributed by atoms with E-state index in [9.17, 15) is 19.8 Å². The number of benzene rings is 2. The predicted molar refractivity (Wildman–Crippen MR) is 149 cm³/mol. The van der Waals surface area contributed by atoms with Gasteiger partial charge in [0.2, 0.25) is 0 Å². The average Bonchev–Trinajstić information content (AvgIpc) is 2.84. The van der Waals surface area contributed by atoms with Crippen LogP contribution in [-0.4, -0.2) is 25.2 Å². The van der Waals surface area contributed by atoms with Crippen molar-refractivity contribution in [3.05, 3.63) is 57.6 Å². The van der Waals surface area contributed by atoms with Crippen molar-refractivity contribution in [2.45, 2.75) is 106 Å².